The highest BCUT2D eigenvalue weighted by molar-refractivity contribution is 6.06. The Hall–Kier alpha value is -2.62. The van der Waals surface area contributed by atoms with Crippen LogP contribution in [-0.4, -0.2) is 18.4 Å². The monoisotopic (exact) mass is 364 g/mol. The zero-order valence-corrected chi connectivity index (χ0v) is 16.6. The predicted molar refractivity (Wildman–Crippen MR) is 110 cm³/mol. The maximum absolute atomic E-state index is 12.7. The average Bonchev–Trinajstić information content (AvgIpc) is 2.62. The van der Waals surface area contributed by atoms with Crippen molar-refractivity contribution in [3.63, 3.8) is 0 Å². The highest BCUT2D eigenvalue weighted by atomic mass is 16.2. The summed E-state index contributed by atoms with van der Waals surface area (Å²) in [7, 11) is 0. The van der Waals surface area contributed by atoms with Crippen molar-refractivity contribution in [3.8, 4) is 0 Å². The first-order valence-corrected chi connectivity index (χ1v) is 9.67. The zero-order valence-electron chi connectivity index (χ0n) is 16.6. The Morgan fingerprint density at radius 3 is 2.63 bits per heavy atom. The summed E-state index contributed by atoms with van der Waals surface area (Å²) >= 11 is 0. The summed E-state index contributed by atoms with van der Waals surface area (Å²) in [4.78, 5) is 26.9. The number of fused-ring (bicyclic) bond motifs is 1. The van der Waals surface area contributed by atoms with Gasteiger partial charge in [-0.25, -0.2) is 0 Å². The normalized spacial score (nSPS) is 13.7. The minimum atomic E-state index is -0.0975. The lowest BCUT2D eigenvalue weighted by molar-refractivity contribution is -0.118. The van der Waals surface area contributed by atoms with Crippen molar-refractivity contribution >= 4 is 23.2 Å². The van der Waals surface area contributed by atoms with Crippen molar-refractivity contribution in [2.45, 2.75) is 47.0 Å². The molecule has 1 aliphatic rings. The Morgan fingerprint density at radius 2 is 1.89 bits per heavy atom. The van der Waals surface area contributed by atoms with E-state index in [0.717, 1.165) is 47.5 Å². The van der Waals surface area contributed by atoms with E-state index in [4.69, 9.17) is 0 Å². The molecule has 0 saturated heterocycles. The van der Waals surface area contributed by atoms with Gasteiger partial charge in [0, 0.05) is 29.9 Å². The van der Waals surface area contributed by atoms with Crippen LogP contribution in [0.5, 0.6) is 0 Å². The molecule has 0 aromatic heterocycles. The van der Waals surface area contributed by atoms with E-state index in [2.05, 4.69) is 19.2 Å². The number of rotatable bonds is 5. The first kappa shape index (κ1) is 19.2. The van der Waals surface area contributed by atoms with Gasteiger partial charge >= 0.3 is 0 Å². The Balaban J connectivity index is 1.80. The molecule has 2 aromatic carbocycles. The number of carbonyl (C=O) groups excluding carboxylic acids is 2. The van der Waals surface area contributed by atoms with Gasteiger partial charge in [-0.2, -0.15) is 0 Å². The van der Waals surface area contributed by atoms with Gasteiger partial charge in [0.05, 0.1) is 0 Å². The highest BCUT2D eigenvalue weighted by Crippen LogP contribution is 2.31. The van der Waals surface area contributed by atoms with Crippen molar-refractivity contribution in [1.29, 1.82) is 0 Å². The maximum Gasteiger partial charge on any atom is 0.255 e. The van der Waals surface area contributed by atoms with Crippen LogP contribution in [0, 0.1) is 19.8 Å². The van der Waals surface area contributed by atoms with Gasteiger partial charge in [0.1, 0.15) is 0 Å². The lowest BCUT2D eigenvalue weighted by atomic mass is 9.99. The molecule has 0 fully saturated rings. The van der Waals surface area contributed by atoms with Gasteiger partial charge in [-0.1, -0.05) is 31.5 Å². The minimum absolute atomic E-state index is 0.0975. The maximum atomic E-state index is 12.7. The van der Waals surface area contributed by atoms with Crippen LogP contribution in [0.15, 0.2) is 36.4 Å². The number of carbonyl (C=O) groups is 2. The standard InChI is InChI=1S/C23H28N2O2/c1-15(2)11-12-25-21-9-8-19(14-18(21)7-10-22(25)26)24-23(27)20-13-16(3)5-6-17(20)4/h5-6,8-9,13-15H,7,10-12H2,1-4H3,(H,24,27). The molecule has 142 valence electrons. The smallest absolute Gasteiger partial charge is 0.255 e. The van der Waals surface area contributed by atoms with Crippen LogP contribution in [0.3, 0.4) is 0 Å². The molecule has 2 amide bonds. The number of nitrogens with one attached hydrogen (secondary N) is 1. The predicted octanol–water partition coefficient (Wildman–Crippen LogP) is 4.88. The van der Waals surface area contributed by atoms with E-state index in [-0.39, 0.29) is 11.8 Å². The van der Waals surface area contributed by atoms with Gasteiger partial charge in [-0.3, -0.25) is 9.59 Å². The number of benzene rings is 2. The SMILES string of the molecule is Cc1ccc(C)c(C(=O)Nc2ccc3c(c2)CCC(=O)N3CCC(C)C)c1. The molecule has 27 heavy (non-hydrogen) atoms. The van der Waals surface area contributed by atoms with Crippen molar-refractivity contribution < 1.29 is 9.59 Å². The highest BCUT2D eigenvalue weighted by Gasteiger charge is 2.24. The lowest BCUT2D eigenvalue weighted by Gasteiger charge is -2.30. The van der Waals surface area contributed by atoms with E-state index < -0.39 is 0 Å². The third-order valence-electron chi connectivity index (χ3n) is 5.11. The summed E-state index contributed by atoms with van der Waals surface area (Å²) in [5.41, 5.74) is 5.60. The van der Waals surface area contributed by atoms with E-state index in [9.17, 15) is 9.59 Å². The Morgan fingerprint density at radius 1 is 1.11 bits per heavy atom. The molecule has 4 nitrogen and oxygen atoms in total. The third kappa shape index (κ3) is 4.38. The third-order valence-corrected chi connectivity index (χ3v) is 5.11. The molecule has 3 rings (SSSR count). The summed E-state index contributed by atoms with van der Waals surface area (Å²) in [6.07, 6.45) is 2.23. The zero-order chi connectivity index (χ0) is 19.6. The molecule has 0 radical (unpaired) electrons. The van der Waals surface area contributed by atoms with Crippen LogP contribution in [0.2, 0.25) is 0 Å². The Kier molecular flexibility index (Phi) is 5.64. The van der Waals surface area contributed by atoms with E-state index in [1.54, 1.807) is 0 Å². The van der Waals surface area contributed by atoms with E-state index in [0.29, 0.717) is 17.9 Å². The fourth-order valence-corrected chi connectivity index (χ4v) is 3.45. The molecule has 0 aliphatic carbocycles. The van der Waals surface area contributed by atoms with Gasteiger partial charge < -0.3 is 10.2 Å². The second-order valence-corrected chi connectivity index (χ2v) is 7.84. The molecule has 1 N–H and O–H groups in total. The second-order valence-electron chi connectivity index (χ2n) is 7.84. The van der Waals surface area contributed by atoms with Crippen LogP contribution in [0.1, 0.15) is 53.7 Å². The molecule has 4 heteroatoms. The van der Waals surface area contributed by atoms with Gasteiger partial charge in [-0.05, 0) is 68.0 Å². The first-order chi connectivity index (χ1) is 12.8. The summed E-state index contributed by atoms with van der Waals surface area (Å²) in [5, 5.41) is 3.01. The molecule has 0 saturated carbocycles. The van der Waals surface area contributed by atoms with Gasteiger partial charge in [0.25, 0.3) is 5.91 Å². The number of anilines is 2. The molecule has 1 aliphatic heterocycles. The average molecular weight is 364 g/mol. The second kappa shape index (κ2) is 7.95. The van der Waals surface area contributed by atoms with E-state index in [1.165, 1.54) is 0 Å². The quantitative estimate of drug-likeness (QED) is 0.822. The molecule has 0 spiro atoms. The summed E-state index contributed by atoms with van der Waals surface area (Å²) in [6.45, 7) is 9.01. The molecule has 2 aromatic rings. The number of hydrogen-bond donors (Lipinski definition) is 1. The van der Waals surface area contributed by atoms with Crippen molar-refractivity contribution in [3.05, 3.63) is 58.7 Å². The van der Waals surface area contributed by atoms with Gasteiger partial charge in [-0.15, -0.1) is 0 Å². The molecule has 0 unspecified atom stereocenters. The number of aryl methyl sites for hydroxylation is 3. The molecule has 0 bridgehead atoms. The molecular weight excluding hydrogens is 336 g/mol. The molecular formula is C23H28N2O2. The summed E-state index contributed by atoms with van der Waals surface area (Å²) in [6, 6.07) is 11.7. The van der Waals surface area contributed by atoms with Crippen LogP contribution in [-0.2, 0) is 11.2 Å². The van der Waals surface area contributed by atoms with Crippen LogP contribution >= 0.6 is 0 Å². The largest absolute Gasteiger partial charge is 0.322 e. The number of nitrogens with zero attached hydrogens (tertiary/aromatic N) is 1. The fourth-order valence-electron chi connectivity index (χ4n) is 3.45. The number of amides is 2. The van der Waals surface area contributed by atoms with E-state index >= 15 is 0 Å². The molecule has 0 atom stereocenters. The van der Waals surface area contributed by atoms with E-state index in [1.807, 2.05) is 55.1 Å². The topological polar surface area (TPSA) is 49.4 Å². The lowest BCUT2D eigenvalue weighted by Crippen LogP contribution is -2.36. The van der Waals surface area contributed by atoms with Crippen molar-refractivity contribution in [2.24, 2.45) is 5.92 Å². The number of hydrogen-bond acceptors (Lipinski definition) is 2. The molecule has 1 heterocycles. The van der Waals surface area contributed by atoms with Crippen LogP contribution in [0.4, 0.5) is 11.4 Å². The minimum Gasteiger partial charge on any atom is -0.322 e. The fraction of sp³-hybridized carbons (Fsp3) is 0.391. The van der Waals surface area contributed by atoms with Crippen molar-refractivity contribution in [1.82, 2.24) is 0 Å². The van der Waals surface area contributed by atoms with Crippen LogP contribution in [0.25, 0.3) is 0 Å². The van der Waals surface area contributed by atoms with Crippen LogP contribution < -0.4 is 10.2 Å². The van der Waals surface area contributed by atoms with Gasteiger partial charge in [0.15, 0.2) is 0 Å². The first-order valence-electron chi connectivity index (χ1n) is 9.67. The Bertz CT molecular complexity index is 871. The van der Waals surface area contributed by atoms with Crippen molar-refractivity contribution in [2.75, 3.05) is 16.8 Å². The summed E-state index contributed by atoms with van der Waals surface area (Å²) < 4.78 is 0. The summed E-state index contributed by atoms with van der Waals surface area (Å²) in [5.74, 6) is 0.648. The Labute approximate surface area is 161 Å². The van der Waals surface area contributed by atoms with Gasteiger partial charge in [0.2, 0.25) is 5.91 Å².